The van der Waals surface area contributed by atoms with Crippen LogP contribution in [0.15, 0.2) is 30.5 Å². The Bertz CT molecular complexity index is 601. The van der Waals surface area contributed by atoms with Crippen LogP contribution in [0.25, 0.3) is 10.9 Å². The van der Waals surface area contributed by atoms with Gasteiger partial charge in [0.2, 0.25) is 0 Å². The Labute approximate surface area is 116 Å². The van der Waals surface area contributed by atoms with Crippen LogP contribution in [-0.2, 0) is 16.0 Å². The molecule has 0 aliphatic heterocycles. The van der Waals surface area contributed by atoms with E-state index in [0.717, 1.165) is 16.5 Å². The van der Waals surface area contributed by atoms with Crippen molar-refractivity contribution in [2.24, 2.45) is 5.73 Å². The van der Waals surface area contributed by atoms with Gasteiger partial charge in [0.05, 0.1) is 12.1 Å². The van der Waals surface area contributed by atoms with Crippen LogP contribution in [-0.4, -0.2) is 23.6 Å². The van der Waals surface area contributed by atoms with E-state index >= 15 is 0 Å². The number of aromatic nitrogens is 1. The number of halogens is 1. The van der Waals surface area contributed by atoms with Crippen LogP contribution in [0.2, 0.25) is 5.02 Å². The Morgan fingerprint density at radius 2 is 2.26 bits per heavy atom. The molecule has 0 amide bonds. The van der Waals surface area contributed by atoms with Crippen molar-refractivity contribution in [2.75, 3.05) is 6.61 Å². The molecule has 1 aromatic carbocycles. The number of hydrogen-bond donors (Lipinski definition) is 1. The number of benzene rings is 1. The monoisotopic (exact) mass is 278 g/mol. The highest BCUT2D eigenvalue weighted by Crippen LogP contribution is 2.25. The number of hydrogen-bond acceptors (Lipinski definition) is 4. The van der Waals surface area contributed by atoms with Crippen LogP contribution in [0.4, 0.5) is 0 Å². The van der Waals surface area contributed by atoms with Gasteiger partial charge in [-0.15, -0.1) is 0 Å². The zero-order valence-electron chi connectivity index (χ0n) is 10.6. The molecule has 19 heavy (non-hydrogen) atoms. The molecule has 0 aliphatic carbocycles. The number of pyridine rings is 1. The summed E-state index contributed by atoms with van der Waals surface area (Å²) in [6.45, 7) is 2.08. The van der Waals surface area contributed by atoms with E-state index in [1.54, 1.807) is 19.2 Å². The molecule has 1 heterocycles. The van der Waals surface area contributed by atoms with Gasteiger partial charge in [-0.1, -0.05) is 17.7 Å². The number of carbonyl (C=O) groups is 1. The fraction of sp³-hybridized carbons (Fsp3) is 0.286. The first-order valence-electron chi connectivity index (χ1n) is 6.07. The maximum Gasteiger partial charge on any atom is 0.323 e. The van der Waals surface area contributed by atoms with Crippen LogP contribution in [0.5, 0.6) is 0 Å². The van der Waals surface area contributed by atoms with Crippen molar-refractivity contribution in [3.8, 4) is 0 Å². The van der Waals surface area contributed by atoms with Gasteiger partial charge in [0, 0.05) is 23.0 Å². The van der Waals surface area contributed by atoms with Crippen molar-refractivity contribution in [1.29, 1.82) is 0 Å². The standard InChI is InChI=1S/C14H15ClN2O2/c1-2-19-14(18)12(16)8-9-5-6-11(15)10-4-3-7-17-13(9)10/h3-7,12H,2,8,16H2,1H3. The number of fused-ring (bicyclic) bond motifs is 1. The Morgan fingerprint density at radius 1 is 1.47 bits per heavy atom. The molecule has 2 rings (SSSR count). The van der Waals surface area contributed by atoms with Gasteiger partial charge in [-0.3, -0.25) is 9.78 Å². The van der Waals surface area contributed by atoms with Gasteiger partial charge in [-0.2, -0.15) is 0 Å². The van der Waals surface area contributed by atoms with Crippen molar-refractivity contribution in [2.45, 2.75) is 19.4 Å². The summed E-state index contributed by atoms with van der Waals surface area (Å²) in [5, 5.41) is 1.49. The number of rotatable bonds is 4. The van der Waals surface area contributed by atoms with Crippen molar-refractivity contribution in [1.82, 2.24) is 4.98 Å². The molecule has 2 N–H and O–H groups in total. The predicted molar refractivity (Wildman–Crippen MR) is 75.1 cm³/mol. The minimum absolute atomic E-state index is 0.326. The fourth-order valence-corrected chi connectivity index (χ4v) is 2.15. The van der Waals surface area contributed by atoms with Gasteiger partial charge < -0.3 is 10.5 Å². The largest absolute Gasteiger partial charge is 0.465 e. The maximum atomic E-state index is 11.6. The normalized spacial score (nSPS) is 12.4. The maximum absolute atomic E-state index is 11.6. The van der Waals surface area contributed by atoms with Crippen molar-refractivity contribution < 1.29 is 9.53 Å². The summed E-state index contributed by atoms with van der Waals surface area (Å²) >= 11 is 6.11. The zero-order chi connectivity index (χ0) is 13.8. The van der Waals surface area contributed by atoms with Crippen LogP contribution >= 0.6 is 11.6 Å². The zero-order valence-corrected chi connectivity index (χ0v) is 11.4. The highest BCUT2D eigenvalue weighted by molar-refractivity contribution is 6.35. The fourth-order valence-electron chi connectivity index (χ4n) is 1.93. The molecule has 0 aliphatic rings. The van der Waals surface area contributed by atoms with Crippen LogP contribution in [0.1, 0.15) is 12.5 Å². The number of nitrogens with two attached hydrogens (primary N) is 1. The molecule has 2 aromatic rings. The summed E-state index contributed by atoms with van der Waals surface area (Å²) in [6.07, 6.45) is 2.07. The molecule has 0 bridgehead atoms. The second-order valence-corrected chi connectivity index (χ2v) is 4.58. The van der Waals surface area contributed by atoms with Gasteiger partial charge in [0.25, 0.3) is 0 Å². The van der Waals surface area contributed by atoms with Crippen LogP contribution in [0, 0.1) is 0 Å². The Kier molecular flexibility index (Phi) is 4.35. The molecule has 0 fully saturated rings. The topological polar surface area (TPSA) is 65.2 Å². The molecular weight excluding hydrogens is 264 g/mol. The van der Waals surface area contributed by atoms with Crippen molar-refractivity contribution in [3.63, 3.8) is 0 Å². The molecule has 0 radical (unpaired) electrons. The van der Waals surface area contributed by atoms with E-state index in [4.69, 9.17) is 22.1 Å². The lowest BCUT2D eigenvalue weighted by atomic mass is 10.0. The molecule has 1 aromatic heterocycles. The molecule has 0 saturated heterocycles. The molecular formula is C14H15ClN2O2. The predicted octanol–water partition coefficient (Wildman–Crippen LogP) is 2.32. The lowest BCUT2D eigenvalue weighted by molar-refractivity contribution is -0.144. The second-order valence-electron chi connectivity index (χ2n) is 4.17. The van der Waals surface area contributed by atoms with E-state index in [1.165, 1.54) is 0 Å². The van der Waals surface area contributed by atoms with Gasteiger partial charge in [-0.25, -0.2) is 0 Å². The quantitative estimate of drug-likeness (QED) is 0.872. The molecule has 0 saturated carbocycles. The lowest BCUT2D eigenvalue weighted by Crippen LogP contribution is -2.34. The molecule has 5 heteroatoms. The average Bonchev–Trinajstić information content (AvgIpc) is 2.42. The molecule has 1 unspecified atom stereocenters. The summed E-state index contributed by atoms with van der Waals surface area (Å²) < 4.78 is 4.90. The van der Waals surface area contributed by atoms with Crippen LogP contribution < -0.4 is 5.73 Å². The third-order valence-electron chi connectivity index (χ3n) is 2.83. The minimum atomic E-state index is -0.689. The van der Waals surface area contributed by atoms with Gasteiger partial charge in [0.15, 0.2) is 0 Å². The van der Waals surface area contributed by atoms with Crippen LogP contribution in [0.3, 0.4) is 0 Å². The lowest BCUT2D eigenvalue weighted by Gasteiger charge is -2.12. The first kappa shape index (κ1) is 13.8. The minimum Gasteiger partial charge on any atom is -0.465 e. The number of nitrogens with zero attached hydrogens (tertiary/aromatic N) is 1. The van der Waals surface area contributed by atoms with Crippen molar-refractivity contribution in [3.05, 3.63) is 41.0 Å². The summed E-state index contributed by atoms with van der Waals surface area (Å²) in [4.78, 5) is 15.9. The molecule has 100 valence electrons. The number of carbonyl (C=O) groups excluding carboxylic acids is 1. The molecule has 1 atom stereocenters. The number of esters is 1. The Morgan fingerprint density at radius 3 is 3.00 bits per heavy atom. The third kappa shape index (κ3) is 3.03. The van der Waals surface area contributed by atoms with Gasteiger partial charge in [-0.05, 0) is 30.7 Å². The van der Waals surface area contributed by atoms with E-state index in [-0.39, 0.29) is 0 Å². The highest BCUT2D eigenvalue weighted by atomic mass is 35.5. The molecule has 4 nitrogen and oxygen atoms in total. The SMILES string of the molecule is CCOC(=O)C(N)Cc1ccc(Cl)c2cccnc12. The summed E-state index contributed by atoms with van der Waals surface area (Å²) in [5.74, 6) is -0.401. The van der Waals surface area contributed by atoms with E-state index < -0.39 is 12.0 Å². The Balaban J connectivity index is 2.31. The first-order valence-corrected chi connectivity index (χ1v) is 6.45. The summed E-state index contributed by atoms with van der Waals surface area (Å²) in [7, 11) is 0. The highest BCUT2D eigenvalue weighted by Gasteiger charge is 2.17. The van der Waals surface area contributed by atoms with Crippen molar-refractivity contribution >= 4 is 28.5 Å². The molecule has 0 spiro atoms. The number of ether oxygens (including phenoxy) is 1. The second kappa shape index (κ2) is 5.99. The third-order valence-corrected chi connectivity index (χ3v) is 3.16. The van der Waals surface area contributed by atoms with E-state index in [9.17, 15) is 4.79 Å². The van der Waals surface area contributed by atoms with E-state index in [0.29, 0.717) is 18.1 Å². The Hall–Kier alpha value is -1.65. The van der Waals surface area contributed by atoms with Gasteiger partial charge >= 0.3 is 5.97 Å². The first-order chi connectivity index (χ1) is 9.13. The van der Waals surface area contributed by atoms with E-state index in [1.807, 2.05) is 18.2 Å². The summed E-state index contributed by atoms with van der Waals surface area (Å²) in [5.41, 5.74) is 7.49. The van der Waals surface area contributed by atoms with Gasteiger partial charge in [0.1, 0.15) is 6.04 Å². The smallest absolute Gasteiger partial charge is 0.323 e. The van der Waals surface area contributed by atoms with E-state index in [2.05, 4.69) is 4.98 Å². The average molecular weight is 279 g/mol. The summed E-state index contributed by atoms with van der Waals surface area (Å²) in [6, 6.07) is 6.66.